The lowest BCUT2D eigenvalue weighted by Crippen LogP contribution is -2.40. The number of nitrogens with one attached hydrogen (secondary N) is 1. The SMILES string of the molecule is COc1ccc([C@H]2C[C@@H](C(F)(F)F)n3ncc(C(=O)N4CCc5cc(OC)c(OC)cc5[C@@H]4C)c3N2)cc1OC. The molecule has 12 heteroatoms. The summed E-state index contributed by atoms with van der Waals surface area (Å²) in [7, 11) is 6.05. The molecule has 5 rings (SSSR count). The maximum absolute atomic E-state index is 14.2. The molecular weight excluding hydrogens is 529 g/mol. The molecule has 0 bridgehead atoms. The number of ether oxygens (including phenoxy) is 4. The molecular formula is C28H31F3N4O5. The van der Waals surface area contributed by atoms with Crippen LogP contribution in [0.15, 0.2) is 36.5 Å². The molecule has 3 heterocycles. The minimum atomic E-state index is -4.58. The van der Waals surface area contributed by atoms with E-state index in [-0.39, 0.29) is 23.8 Å². The van der Waals surface area contributed by atoms with Crippen LogP contribution in [0.25, 0.3) is 0 Å². The standard InChI is InChI=1S/C28H31F3N4O5/c1-15-18-12-24(40-5)23(39-4)10-16(18)8-9-34(15)27(36)19-14-32-35-25(28(29,30)31)13-20(33-26(19)35)17-6-7-21(37-2)22(11-17)38-3/h6-7,10-12,14-15,20,25,33H,8-9,13H2,1-5H3/t15-,20+,25-/m0/s1. The Balaban J connectivity index is 1.50. The van der Waals surface area contributed by atoms with Gasteiger partial charge in [-0.1, -0.05) is 6.07 Å². The van der Waals surface area contributed by atoms with Crippen LogP contribution in [0.2, 0.25) is 0 Å². The van der Waals surface area contributed by atoms with E-state index in [0.717, 1.165) is 15.8 Å². The number of methoxy groups -OCH3 is 4. The van der Waals surface area contributed by atoms with E-state index in [2.05, 4.69) is 10.4 Å². The largest absolute Gasteiger partial charge is 0.493 e. The highest BCUT2D eigenvalue weighted by Gasteiger charge is 2.48. The van der Waals surface area contributed by atoms with Crippen LogP contribution in [0, 0.1) is 0 Å². The van der Waals surface area contributed by atoms with Crippen molar-refractivity contribution < 1.29 is 36.9 Å². The summed E-state index contributed by atoms with van der Waals surface area (Å²) < 4.78 is 65.1. The maximum atomic E-state index is 14.2. The number of rotatable bonds is 6. The lowest BCUT2D eigenvalue weighted by Gasteiger charge is -2.37. The molecule has 214 valence electrons. The van der Waals surface area contributed by atoms with Gasteiger partial charge >= 0.3 is 6.18 Å². The van der Waals surface area contributed by atoms with E-state index in [0.29, 0.717) is 41.5 Å². The molecule has 0 fully saturated rings. The monoisotopic (exact) mass is 560 g/mol. The average Bonchev–Trinajstić information content (AvgIpc) is 3.39. The molecule has 0 unspecified atom stereocenters. The summed E-state index contributed by atoms with van der Waals surface area (Å²) in [6.45, 7) is 2.27. The molecule has 0 aliphatic carbocycles. The molecule has 3 aromatic rings. The van der Waals surface area contributed by atoms with E-state index in [9.17, 15) is 18.0 Å². The van der Waals surface area contributed by atoms with Gasteiger partial charge < -0.3 is 29.2 Å². The Labute approximate surface area is 229 Å². The zero-order valence-electron chi connectivity index (χ0n) is 22.8. The topological polar surface area (TPSA) is 87.1 Å². The number of aromatic nitrogens is 2. The van der Waals surface area contributed by atoms with Gasteiger partial charge in [0, 0.05) is 13.0 Å². The molecule has 0 spiro atoms. The van der Waals surface area contributed by atoms with Gasteiger partial charge in [-0.15, -0.1) is 0 Å². The highest BCUT2D eigenvalue weighted by atomic mass is 19.4. The number of hydrogen-bond donors (Lipinski definition) is 1. The average molecular weight is 561 g/mol. The number of hydrogen-bond acceptors (Lipinski definition) is 7. The summed E-state index contributed by atoms with van der Waals surface area (Å²) in [5, 5.41) is 7.19. The van der Waals surface area contributed by atoms with Crippen LogP contribution in [0.5, 0.6) is 23.0 Å². The van der Waals surface area contributed by atoms with E-state index in [1.807, 2.05) is 19.1 Å². The molecule has 3 atom stereocenters. The van der Waals surface area contributed by atoms with Gasteiger partial charge in [0.05, 0.1) is 46.7 Å². The second-order valence-corrected chi connectivity index (χ2v) is 9.79. The van der Waals surface area contributed by atoms with E-state index in [1.54, 1.807) is 30.2 Å². The van der Waals surface area contributed by atoms with Gasteiger partial charge in [-0.3, -0.25) is 4.79 Å². The molecule has 40 heavy (non-hydrogen) atoms. The van der Waals surface area contributed by atoms with Crippen LogP contribution in [0.4, 0.5) is 19.0 Å². The molecule has 2 aliphatic rings. The van der Waals surface area contributed by atoms with Crippen LogP contribution in [-0.4, -0.2) is 61.7 Å². The van der Waals surface area contributed by atoms with Gasteiger partial charge in [-0.2, -0.15) is 18.3 Å². The van der Waals surface area contributed by atoms with Crippen LogP contribution >= 0.6 is 0 Å². The number of anilines is 1. The molecule has 1 aromatic heterocycles. The van der Waals surface area contributed by atoms with Crippen molar-refractivity contribution in [3.8, 4) is 23.0 Å². The minimum Gasteiger partial charge on any atom is -0.493 e. The van der Waals surface area contributed by atoms with Crippen LogP contribution in [0.3, 0.4) is 0 Å². The first-order valence-corrected chi connectivity index (χ1v) is 12.8. The Kier molecular flexibility index (Phi) is 7.19. The van der Waals surface area contributed by atoms with Crippen molar-refractivity contribution in [1.29, 1.82) is 0 Å². The number of fused-ring (bicyclic) bond motifs is 2. The molecule has 1 amide bonds. The fourth-order valence-electron chi connectivity index (χ4n) is 5.58. The Morgan fingerprint density at radius 3 is 2.27 bits per heavy atom. The number of halogens is 3. The zero-order valence-corrected chi connectivity index (χ0v) is 22.8. The van der Waals surface area contributed by atoms with Crippen molar-refractivity contribution in [1.82, 2.24) is 14.7 Å². The predicted molar refractivity (Wildman–Crippen MR) is 141 cm³/mol. The summed E-state index contributed by atoms with van der Waals surface area (Å²) in [4.78, 5) is 15.5. The minimum absolute atomic E-state index is 0.0312. The number of nitrogens with zero attached hydrogens (tertiary/aromatic N) is 3. The fourth-order valence-corrected chi connectivity index (χ4v) is 5.58. The van der Waals surface area contributed by atoms with Crippen LogP contribution in [0.1, 0.15) is 58.5 Å². The van der Waals surface area contributed by atoms with Crippen molar-refractivity contribution in [3.05, 3.63) is 58.8 Å². The normalized spacial score (nSPS) is 20.2. The predicted octanol–water partition coefficient (Wildman–Crippen LogP) is 5.34. The highest BCUT2D eigenvalue weighted by molar-refractivity contribution is 5.99. The van der Waals surface area contributed by atoms with Crippen molar-refractivity contribution in [2.75, 3.05) is 40.3 Å². The van der Waals surface area contributed by atoms with Gasteiger partial charge in [0.2, 0.25) is 0 Å². The quantitative estimate of drug-likeness (QED) is 0.436. The van der Waals surface area contributed by atoms with E-state index < -0.39 is 24.2 Å². The second-order valence-electron chi connectivity index (χ2n) is 9.79. The molecule has 2 aliphatic heterocycles. The Hall–Kier alpha value is -4.09. The van der Waals surface area contributed by atoms with Crippen molar-refractivity contribution in [2.24, 2.45) is 0 Å². The lowest BCUT2D eigenvalue weighted by atomic mass is 9.92. The molecule has 9 nitrogen and oxygen atoms in total. The summed E-state index contributed by atoms with van der Waals surface area (Å²) >= 11 is 0. The molecule has 0 saturated carbocycles. The summed E-state index contributed by atoms with van der Waals surface area (Å²) in [6, 6.07) is 5.70. The number of amides is 1. The second kappa shape index (κ2) is 10.5. The van der Waals surface area contributed by atoms with Crippen molar-refractivity contribution in [2.45, 2.75) is 44.1 Å². The van der Waals surface area contributed by atoms with Crippen molar-refractivity contribution >= 4 is 11.7 Å². The van der Waals surface area contributed by atoms with Crippen LogP contribution in [-0.2, 0) is 6.42 Å². The maximum Gasteiger partial charge on any atom is 0.410 e. The fraction of sp³-hybridized carbons (Fsp3) is 0.429. The third-order valence-electron chi connectivity index (χ3n) is 7.72. The molecule has 0 saturated heterocycles. The van der Waals surface area contributed by atoms with Gasteiger partial charge in [0.1, 0.15) is 11.4 Å². The first-order chi connectivity index (χ1) is 19.1. The molecule has 2 aromatic carbocycles. The lowest BCUT2D eigenvalue weighted by molar-refractivity contribution is -0.173. The van der Waals surface area contributed by atoms with E-state index in [4.69, 9.17) is 18.9 Å². The van der Waals surface area contributed by atoms with E-state index in [1.165, 1.54) is 27.5 Å². The summed E-state index contributed by atoms with van der Waals surface area (Å²) in [6.07, 6.45) is -3.11. The van der Waals surface area contributed by atoms with Gasteiger partial charge in [-0.05, 0) is 54.3 Å². The van der Waals surface area contributed by atoms with E-state index >= 15 is 0 Å². The third-order valence-corrected chi connectivity index (χ3v) is 7.72. The third kappa shape index (κ3) is 4.65. The number of alkyl halides is 3. The first-order valence-electron chi connectivity index (χ1n) is 12.8. The number of benzene rings is 2. The number of carbonyl (C=O) groups is 1. The highest BCUT2D eigenvalue weighted by Crippen LogP contribution is 2.46. The molecule has 1 N–H and O–H groups in total. The van der Waals surface area contributed by atoms with Crippen LogP contribution < -0.4 is 24.3 Å². The molecule has 0 radical (unpaired) electrons. The summed E-state index contributed by atoms with van der Waals surface area (Å²) in [5.41, 5.74) is 2.56. The Morgan fingerprint density at radius 1 is 0.975 bits per heavy atom. The van der Waals surface area contributed by atoms with Gasteiger partial charge in [0.25, 0.3) is 5.91 Å². The number of carbonyl (C=O) groups excluding carboxylic acids is 1. The first kappa shape index (κ1) is 27.5. The van der Waals surface area contributed by atoms with Gasteiger partial charge in [-0.25, -0.2) is 4.68 Å². The Bertz CT molecular complexity index is 1420. The summed E-state index contributed by atoms with van der Waals surface area (Å²) in [5.74, 6) is 1.62. The Morgan fingerprint density at radius 2 is 1.62 bits per heavy atom. The van der Waals surface area contributed by atoms with Gasteiger partial charge in [0.15, 0.2) is 29.0 Å². The zero-order chi connectivity index (χ0) is 28.8. The van der Waals surface area contributed by atoms with Crippen molar-refractivity contribution in [3.63, 3.8) is 0 Å². The smallest absolute Gasteiger partial charge is 0.410 e.